The fourth-order valence-corrected chi connectivity index (χ4v) is 1.78. The first kappa shape index (κ1) is 15.6. The van der Waals surface area contributed by atoms with Crippen molar-refractivity contribution in [2.24, 2.45) is 5.92 Å². The smallest absolute Gasteiger partial charge is 0.315 e. The number of methoxy groups -OCH3 is 1. The number of nitrogens with one attached hydrogen (secondary N) is 1. The first-order chi connectivity index (χ1) is 10.5. The van der Waals surface area contributed by atoms with Gasteiger partial charge in [0.1, 0.15) is 11.7 Å². The van der Waals surface area contributed by atoms with Gasteiger partial charge in [-0.3, -0.25) is 9.59 Å². The Kier molecular flexibility index (Phi) is 4.77. The van der Waals surface area contributed by atoms with Crippen LogP contribution in [-0.2, 0) is 16.1 Å². The zero-order valence-corrected chi connectivity index (χ0v) is 12.3. The lowest BCUT2D eigenvalue weighted by molar-refractivity contribution is -0.146. The third-order valence-corrected chi connectivity index (χ3v) is 3.19. The SMILES string of the molecule is COc1ccc(-n2ccc(CNC(=O)C(C)C(=O)O)n2)cc1. The molecule has 1 aromatic heterocycles. The molecule has 0 radical (unpaired) electrons. The Bertz CT molecular complexity index is 664. The van der Waals surface area contributed by atoms with Crippen molar-refractivity contribution in [2.45, 2.75) is 13.5 Å². The molecule has 7 nitrogen and oxygen atoms in total. The quantitative estimate of drug-likeness (QED) is 0.783. The van der Waals surface area contributed by atoms with Crippen molar-refractivity contribution in [1.29, 1.82) is 0 Å². The van der Waals surface area contributed by atoms with E-state index < -0.39 is 17.8 Å². The summed E-state index contributed by atoms with van der Waals surface area (Å²) in [6.07, 6.45) is 1.77. The molecule has 7 heteroatoms. The van der Waals surface area contributed by atoms with Gasteiger partial charge in [0.25, 0.3) is 0 Å². The van der Waals surface area contributed by atoms with E-state index in [1.54, 1.807) is 24.1 Å². The molecule has 1 aromatic carbocycles. The summed E-state index contributed by atoms with van der Waals surface area (Å²) in [7, 11) is 1.60. The van der Waals surface area contributed by atoms with Crippen molar-refractivity contribution in [3.8, 4) is 11.4 Å². The third kappa shape index (κ3) is 3.63. The molecule has 1 unspecified atom stereocenters. The zero-order valence-electron chi connectivity index (χ0n) is 12.3. The largest absolute Gasteiger partial charge is 0.497 e. The standard InChI is InChI=1S/C15H17N3O4/c1-10(15(20)21)14(19)16-9-11-7-8-18(17-11)12-3-5-13(22-2)6-4-12/h3-8,10H,9H2,1-2H3,(H,16,19)(H,20,21). The molecule has 1 amide bonds. The monoisotopic (exact) mass is 303 g/mol. The number of aromatic nitrogens is 2. The van der Waals surface area contributed by atoms with Crippen LogP contribution in [0.3, 0.4) is 0 Å². The Labute approximate surface area is 127 Å². The number of ether oxygens (including phenoxy) is 1. The predicted molar refractivity (Wildman–Crippen MR) is 78.8 cm³/mol. The topological polar surface area (TPSA) is 93.5 Å². The number of hydrogen-bond donors (Lipinski definition) is 2. The van der Waals surface area contributed by atoms with Crippen molar-refractivity contribution in [2.75, 3.05) is 7.11 Å². The summed E-state index contributed by atoms with van der Waals surface area (Å²) in [6.45, 7) is 1.52. The van der Waals surface area contributed by atoms with E-state index in [4.69, 9.17) is 9.84 Å². The summed E-state index contributed by atoms with van der Waals surface area (Å²) in [5.41, 5.74) is 1.50. The third-order valence-electron chi connectivity index (χ3n) is 3.19. The summed E-state index contributed by atoms with van der Waals surface area (Å²) in [5, 5.41) is 15.6. The second-order valence-electron chi connectivity index (χ2n) is 4.73. The second-order valence-corrected chi connectivity index (χ2v) is 4.73. The molecular weight excluding hydrogens is 286 g/mol. The number of hydrogen-bond acceptors (Lipinski definition) is 4. The summed E-state index contributed by atoms with van der Waals surface area (Å²) in [4.78, 5) is 22.3. The molecule has 0 saturated heterocycles. The molecule has 2 N–H and O–H groups in total. The van der Waals surface area contributed by atoms with Gasteiger partial charge in [-0.05, 0) is 37.3 Å². The normalized spacial score (nSPS) is 11.7. The van der Waals surface area contributed by atoms with Crippen LogP contribution < -0.4 is 10.1 Å². The molecule has 1 atom stereocenters. The number of aliphatic carboxylic acids is 1. The Morgan fingerprint density at radius 1 is 1.32 bits per heavy atom. The number of carbonyl (C=O) groups excluding carboxylic acids is 1. The molecule has 0 fully saturated rings. The molecule has 0 saturated carbocycles. The Morgan fingerprint density at radius 2 is 2.00 bits per heavy atom. The Balaban J connectivity index is 1.99. The van der Waals surface area contributed by atoms with E-state index in [2.05, 4.69) is 10.4 Å². The lowest BCUT2D eigenvalue weighted by atomic mass is 10.2. The van der Waals surface area contributed by atoms with Crippen LogP contribution in [0, 0.1) is 5.92 Å². The van der Waals surface area contributed by atoms with Crippen LogP contribution in [0.2, 0.25) is 0 Å². The maximum atomic E-state index is 11.6. The molecule has 2 rings (SSSR count). The van der Waals surface area contributed by atoms with Gasteiger partial charge in [-0.25, -0.2) is 4.68 Å². The molecular formula is C15H17N3O4. The number of carboxylic acid groups (broad SMARTS) is 1. The number of rotatable bonds is 6. The summed E-state index contributed by atoms with van der Waals surface area (Å²) >= 11 is 0. The molecule has 0 aliphatic heterocycles. The number of carbonyl (C=O) groups is 2. The van der Waals surface area contributed by atoms with Crippen molar-refractivity contribution in [3.05, 3.63) is 42.2 Å². The minimum atomic E-state index is -1.15. The molecule has 0 spiro atoms. The highest BCUT2D eigenvalue weighted by atomic mass is 16.5. The molecule has 1 heterocycles. The van der Waals surface area contributed by atoms with Crippen LogP contribution in [0.1, 0.15) is 12.6 Å². The van der Waals surface area contributed by atoms with Gasteiger partial charge in [0.15, 0.2) is 0 Å². The molecule has 0 bridgehead atoms. The van der Waals surface area contributed by atoms with E-state index in [1.807, 2.05) is 24.3 Å². The van der Waals surface area contributed by atoms with Crippen LogP contribution >= 0.6 is 0 Å². The summed E-state index contributed by atoms with van der Waals surface area (Å²) in [5.74, 6) is -2.01. The molecule has 116 valence electrons. The maximum Gasteiger partial charge on any atom is 0.315 e. The minimum absolute atomic E-state index is 0.180. The van der Waals surface area contributed by atoms with Gasteiger partial charge in [-0.15, -0.1) is 0 Å². The van der Waals surface area contributed by atoms with E-state index in [9.17, 15) is 9.59 Å². The van der Waals surface area contributed by atoms with Crippen molar-refractivity contribution in [1.82, 2.24) is 15.1 Å². The molecule has 0 aliphatic rings. The van der Waals surface area contributed by atoms with Crippen LogP contribution in [0.25, 0.3) is 5.69 Å². The van der Waals surface area contributed by atoms with Gasteiger partial charge in [0.2, 0.25) is 5.91 Å². The summed E-state index contributed by atoms with van der Waals surface area (Å²) < 4.78 is 6.76. The summed E-state index contributed by atoms with van der Waals surface area (Å²) in [6, 6.07) is 9.14. The van der Waals surface area contributed by atoms with Gasteiger partial charge in [-0.2, -0.15) is 5.10 Å². The van der Waals surface area contributed by atoms with Gasteiger partial charge in [-0.1, -0.05) is 0 Å². The average Bonchev–Trinajstić information content (AvgIpc) is 3.00. The lowest BCUT2D eigenvalue weighted by Gasteiger charge is -2.06. The Hall–Kier alpha value is -2.83. The lowest BCUT2D eigenvalue weighted by Crippen LogP contribution is -2.33. The van der Waals surface area contributed by atoms with Crippen LogP contribution in [0.5, 0.6) is 5.75 Å². The molecule has 2 aromatic rings. The molecule has 22 heavy (non-hydrogen) atoms. The van der Waals surface area contributed by atoms with Crippen molar-refractivity contribution >= 4 is 11.9 Å². The molecule has 0 aliphatic carbocycles. The van der Waals surface area contributed by atoms with Crippen LogP contribution in [-0.4, -0.2) is 33.9 Å². The van der Waals surface area contributed by atoms with Crippen LogP contribution in [0.4, 0.5) is 0 Å². The van der Waals surface area contributed by atoms with E-state index in [0.717, 1.165) is 11.4 Å². The second kappa shape index (κ2) is 6.75. The highest BCUT2D eigenvalue weighted by Gasteiger charge is 2.20. The number of nitrogens with zero attached hydrogens (tertiary/aromatic N) is 2. The van der Waals surface area contributed by atoms with Gasteiger partial charge >= 0.3 is 5.97 Å². The van der Waals surface area contributed by atoms with Gasteiger partial charge in [0.05, 0.1) is 25.0 Å². The predicted octanol–water partition coefficient (Wildman–Crippen LogP) is 1.22. The minimum Gasteiger partial charge on any atom is -0.497 e. The van der Waals surface area contributed by atoms with Crippen LogP contribution in [0.15, 0.2) is 36.5 Å². The number of amides is 1. The first-order valence-corrected chi connectivity index (χ1v) is 6.70. The maximum absolute atomic E-state index is 11.6. The Morgan fingerprint density at radius 3 is 2.59 bits per heavy atom. The highest BCUT2D eigenvalue weighted by molar-refractivity contribution is 5.96. The fourth-order valence-electron chi connectivity index (χ4n) is 1.78. The van der Waals surface area contributed by atoms with Crippen molar-refractivity contribution in [3.63, 3.8) is 0 Å². The van der Waals surface area contributed by atoms with Gasteiger partial charge in [0, 0.05) is 6.20 Å². The fraction of sp³-hybridized carbons (Fsp3) is 0.267. The van der Waals surface area contributed by atoms with E-state index in [1.165, 1.54) is 6.92 Å². The van der Waals surface area contributed by atoms with E-state index in [-0.39, 0.29) is 6.54 Å². The zero-order chi connectivity index (χ0) is 16.1. The van der Waals surface area contributed by atoms with Gasteiger partial charge < -0.3 is 15.2 Å². The highest BCUT2D eigenvalue weighted by Crippen LogP contribution is 2.14. The average molecular weight is 303 g/mol. The first-order valence-electron chi connectivity index (χ1n) is 6.70. The number of carboxylic acids is 1. The van der Waals surface area contributed by atoms with Crippen molar-refractivity contribution < 1.29 is 19.4 Å². The van der Waals surface area contributed by atoms with E-state index >= 15 is 0 Å². The number of benzene rings is 1. The van der Waals surface area contributed by atoms with E-state index in [0.29, 0.717) is 5.69 Å².